The summed E-state index contributed by atoms with van der Waals surface area (Å²) in [6.07, 6.45) is 3.03. The fraction of sp³-hybridized carbons (Fsp3) is 0.500. The van der Waals surface area contributed by atoms with E-state index in [1.807, 2.05) is 0 Å². The van der Waals surface area contributed by atoms with E-state index in [4.69, 9.17) is 5.11 Å². The van der Waals surface area contributed by atoms with Crippen LogP contribution in [0.25, 0.3) is 0 Å². The molecule has 1 aromatic heterocycles. The van der Waals surface area contributed by atoms with E-state index in [1.165, 1.54) is 6.92 Å². The molecule has 1 atom stereocenters. The fourth-order valence-corrected chi connectivity index (χ4v) is 2.27. The largest absolute Gasteiger partial charge is 0.392 e. The molecule has 0 amide bonds. The Balaban J connectivity index is 2.42. The van der Waals surface area contributed by atoms with Crippen molar-refractivity contribution in [3.05, 3.63) is 30.1 Å². The Morgan fingerprint density at radius 3 is 2.62 bits per heavy atom. The average molecular weight is 244 g/mol. The minimum atomic E-state index is -3.31. The van der Waals surface area contributed by atoms with Crippen LogP contribution in [-0.2, 0) is 16.4 Å². The quantitative estimate of drug-likeness (QED) is 0.734. The zero-order valence-electron chi connectivity index (χ0n) is 9.13. The summed E-state index contributed by atoms with van der Waals surface area (Å²) in [5.41, 5.74) is 0.928. The molecule has 0 unspecified atom stereocenters. The molecule has 0 saturated heterocycles. The third-order valence-electron chi connectivity index (χ3n) is 2.01. The van der Waals surface area contributed by atoms with Crippen molar-refractivity contribution in [3.63, 3.8) is 0 Å². The van der Waals surface area contributed by atoms with E-state index in [0.29, 0.717) is 6.42 Å². The lowest BCUT2D eigenvalue weighted by molar-refractivity contribution is 0.198. The molecule has 0 radical (unpaired) electrons. The number of aliphatic hydroxyl groups is 1. The molecule has 1 heterocycles. The van der Waals surface area contributed by atoms with Crippen LogP contribution in [0.5, 0.6) is 0 Å². The van der Waals surface area contributed by atoms with E-state index in [1.54, 1.807) is 24.5 Å². The number of hydrogen-bond donors (Lipinski definition) is 2. The van der Waals surface area contributed by atoms with Crippen LogP contribution >= 0.6 is 0 Å². The van der Waals surface area contributed by atoms with Gasteiger partial charge in [-0.15, -0.1) is 0 Å². The molecule has 0 fully saturated rings. The lowest BCUT2D eigenvalue weighted by Crippen LogP contribution is -2.33. The number of rotatable bonds is 6. The smallest absolute Gasteiger partial charge is 0.212 e. The minimum Gasteiger partial charge on any atom is -0.392 e. The summed E-state index contributed by atoms with van der Waals surface area (Å²) in [6, 6.07) is 3.56. The maximum atomic E-state index is 11.5. The second-order valence-electron chi connectivity index (χ2n) is 3.62. The molecule has 5 nitrogen and oxygen atoms in total. The van der Waals surface area contributed by atoms with Gasteiger partial charge in [0.25, 0.3) is 0 Å². The van der Waals surface area contributed by atoms with E-state index >= 15 is 0 Å². The molecule has 0 bridgehead atoms. The average Bonchev–Trinajstić information content (AvgIpc) is 2.26. The number of aliphatic hydroxyl groups excluding tert-OH is 1. The summed E-state index contributed by atoms with van der Waals surface area (Å²) in [7, 11) is -3.31. The van der Waals surface area contributed by atoms with Crippen molar-refractivity contribution in [1.29, 1.82) is 0 Å². The Morgan fingerprint density at radius 1 is 1.44 bits per heavy atom. The van der Waals surface area contributed by atoms with Crippen molar-refractivity contribution >= 4 is 10.0 Å². The molecule has 6 heteroatoms. The highest BCUT2D eigenvalue weighted by Crippen LogP contribution is 1.99. The van der Waals surface area contributed by atoms with Crippen LogP contribution < -0.4 is 4.72 Å². The molecule has 0 aliphatic carbocycles. The Kier molecular flexibility index (Phi) is 4.85. The summed E-state index contributed by atoms with van der Waals surface area (Å²) in [6.45, 7) is 1.59. The first-order chi connectivity index (χ1) is 7.49. The molecule has 2 N–H and O–H groups in total. The summed E-state index contributed by atoms with van der Waals surface area (Å²) >= 11 is 0. The normalized spacial score (nSPS) is 13.6. The lowest BCUT2D eigenvalue weighted by atomic mass is 10.2. The molecule has 0 spiro atoms. The predicted molar refractivity (Wildman–Crippen MR) is 61.4 cm³/mol. The van der Waals surface area contributed by atoms with Gasteiger partial charge in [0, 0.05) is 18.9 Å². The number of pyridine rings is 1. The molecule has 0 aliphatic rings. The van der Waals surface area contributed by atoms with Crippen LogP contribution in [0, 0.1) is 0 Å². The Bertz CT molecular complexity index is 403. The monoisotopic (exact) mass is 244 g/mol. The van der Waals surface area contributed by atoms with E-state index in [2.05, 4.69) is 9.71 Å². The first kappa shape index (κ1) is 13.1. The van der Waals surface area contributed by atoms with E-state index in [0.717, 1.165) is 5.56 Å². The van der Waals surface area contributed by atoms with Crippen molar-refractivity contribution in [3.8, 4) is 0 Å². The highest BCUT2D eigenvalue weighted by molar-refractivity contribution is 7.89. The van der Waals surface area contributed by atoms with Crippen LogP contribution in [-0.4, -0.2) is 36.9 Å². The molecule has 90 valence electrons. The van der Waals surface area contributed by atoms with Gasteiger partial charge in [0.15, 0.2) is 0 Å². The molecule has 1 rings (SSSR count). The van der Waals surface area contributed by atoms with Crippen molar-refractivity contribution < 1.29 is 13.5 Å². The summed E-state index contributed by atoms with van der Waals surface area (Å²) in [5.74, 6) is 0.0176. The van der Waals surface area contributed by atoms with Gasteiger partial charge >= 0.3 is 0 Å². The molecule has 16 heavy (non-hydrogen) atoms. The molecule has 0 aliphatic heterocycles. The highest BCUT2D eigenvalue weighted by Gasteiger charge is 2.10. The van der Waals surface area contributed by atoms with Crippen LogP contribution in [0.15, 0.2) is 24.5 Å². The van der Waals surface area contributed by atoms with E-state index < -0.39 is 16.1 Å². The third kappa shape index (κ3) is 5.20. The van der Waals surface area contributed by atoms with E-state index in [-0.39, 0.29) is 12.3 Å². The standard InChI is InChI=1S/C10H16N2O3S/c1-9(13)8-12-16(14,15)7-4-10-2-5-11-6-3-10/h2-3,5-6,9,12-13H,4,7-8H2,1H3/t9-/m1/s1. The van der Waals surface area contributed by atoms with Gasteiger partial charge in [0.2, 0.25) is 10.0 Å². The summed E-state index contributed by atoms with van der Waals surface area (Å²) < 4.78 is 25.3. The van der Waals surface area contributed by atoms with Gasteiger partial charge in [-0.05, 0) is 31.0 Å². The second kappa shape index (κ2) is 5.93. The van der Waals surface area contributed by atoms with Crippen molar-refractivity contribution in [2.75, 3.05) is 12.3 Å². The van der Waals surface area contributed by atoms with Gasteiger partial charge in [-0.1, -0.05) is 0 Å². The van der Waals surface area contributed by atoms with Crippen molar-refractivity contribution in [2.45, 2.75) is 19.4 Å². The lowest BCUT2D eigenvalue weighted by Gasteiger charge is -2.08. The number of nitrogens with one attached hydrogen (secondary N) is 1. The number of nitrogens with zero attached hydrogens (tertiary/aromatic N) is 1. The zero-order chi connectivity index (χ0) is 12.0. The summed E-state index contributed by atoms with van der Waals surface area (Å²) in [5, 5.41) is 8.97. The fourth-order valence-electron chi connectivity index (χ4n) is 1.12. The van der Waals surface area contributed by atoms with Crippen LogP contribution in [0.4, 0.5) is 0 Å². The van der Waals surface area contributed by atoms with E-state index in [9.17, 15) is 8.42 Å². The Morgan fingerprint density at radius 2 is 2.06 bits per heavy atom. The number of aromatic nitrogens is 1. The van der Waals surface area contributed by atoms with Crippen LogP contribution in [0.1, 0.15) is 12.5 Å². The molecular weight excluding hydrogens is 228 g/mol. The maximum Gasteiger partial charge on any atom is 0.212 e. The van der Waals surface area contributed by atoms with Gasteiger partial charge in [0.1, 0.15) is 0 Å². The zero-order valence-corrected chi connectivity index (χ0v) is 9.94. The minimum absolute atomic E-state index is 0.0176. The highest BCUT2D eigenvalue weighted by atomic mass is 32.2. The van der Waals surface area contributed by atoms with Crippen LogP contribution in [0.2, 0.25) is 0 Å². The van der Waals surface area contributed by atoms with Crippen molar-refractivity contribution in [2.24, 2.45) is 0 Å². The van der Waals surface area contributed by atoms with Gasteiger partial charge in [-0.2, -0.15) is 0 Å². The summed E-state index contributed by atoms with van der Waals surface area (Å²) in [4.78, 5) is 3.85. The molecule has 1 aromatic rings. The van der Waals surface area contributed by atoms with Gasteiger partial charge in [-0.25, -0.2) is 13.1 Å². The van der Waals surface area contributed by atoms with Gasteiger partial charge in [-0.3, -0.25) is 4.98 Å². The molecule has 0 saturated carbocycles. The van der Waals surface area contributed by atoms with Gasteiger partial charge in [0.05, 0.1) is 11.9 Å². The number of hydrogen-bond acceptors (Lipinski definition) is 4. The van der Waals surface area contributed by atoms with Gasteiger partial charge < -0.3 is 5.11 Å². The topological polar surface area (TPSA) is 79.3 Å². The number of aryl methyl sites for hydroxylation is 1. The maximum absolute atomic E-state index is 11.5. The first-order valence-electron chi connectivity index (χ1n) is 5.04. The predicted octanol–water partition coefficient (Wildman–Crippen LogP) is -0.0757. The molecule has 0 aromatic carbocycles. The Labute approximate surface area is 95.6 Å². The second-order valence-corrected chi connectivity index (χ2v) is 5.55. The first-order valence-corrected chi connectivity index (χ1v) is 6.69. The van der Waals surface area contributed by atoms with Crippen molar-refractivity contribution in [1.82, 2.24) is 9.71 Å². The third-order valence-corrected chi connectivity index (χ3v) is 3.36. The van der Waals surface area contributed by atoms with Crippen LogP contribution in [0.3, 0.4) is 0 Å². The molecular formula is C10H16N2O3S. The SMILES string of the molecule is C[C@@H](O)CNS(=O)(=O)CCc1ccncc1. The Hall–Kier alpha value is -0.980. The number of sulfonamides is 1.